The van der Waals surface area contributed by atoms with Crippen molar-refractivity contribution in [1.29, 1.82) is 0 Å². The number of ether oxygens (including phenoxy) is 2. The number of nitrogens with zero attached hydrogens (tertiary/aromatic N) is 2. The molecular weight excluding hydrogens is 474 g/mol. The highest BCUT2D eigenvalue weighted by Crippen LogP contribution is 2.35. The summed E-state index contributed by atoms with van der Waals surface area (Å²) in [6.45, 7) is 2.50. The van der Waals surface area contributed by atoms with Gasteiger partial charge in [-0.3, -0.25) is 24.6 Å². The summed E-state index contributed by atoms with van der Waals surface area (Å²) in [6, 6.07) is 12.1. The van der Waals surface area contributed by atoms with Crippen LogP contribution in [0.15, 0.2) is 58.9 Å². The van der Waals surface area contributed by atoms with Gasteiger partial charge >= 0.3 is 0 Å². The van der Waals surface area contributed by atoms with Crippen LogP contribution in [0.2, 0.25) is 0 Å². The van der Waals surface area contributed by atoms with Gasteiger partial charge in [-0.2, -0.15) is 0 Å². The highest BCUT2D eigenvalue weighted by atomic mass is 32.2. The third kappa shape index (κ3) is 5.29. The molecule has 0 spiro atoms. The van der Waals surface area contributed by atoms with E-state index in [9.17, 15) is 14.4 Å². The molecule has 0 unspecified atom stereocenters. The molecule has 1 aliphatic heterocycles. The number of methoxy groups -OCH3 is 1. The number of carbonyl (C=O) groups is 3. The van der Waals surface area contributed by atoms with E-state index < -0.39 is 0 Å². The van der Waals surface area contributed by atoms with Crippen molar-refractivity contribution in [3.05, 3.63) is 75.6 Å². The van der Waals surface area contributed by atoms with E-state index >= 15 is 0 Å². The lowest BCUT2D eigenvalue weighted by Gasteiger charge is -2.13. The fourth-order valence-corrected chi connectivity index (χ4v) is 4.60. The highest BCUT2D eigenvalue weighted by Gasteiger charge is 2.35. The number of anilines is 1. The molecule has 1 N–H and O–H groups in total. The number of rotatable bonds is 8. The number of hydrogen-bond acceptors (Lipinski definition) is 8. The largest absolute Gasteiger partial charge is 0.493 e. The van der Waals surface area contributed by atoms with Crippen LogP contribution in [-0.4, -0.2) is 40.7 Å². The van der Waals surface area contributed by atoms with E-state index in [2.05, 4.69) is 10.3 Å². The molecule has 0 atom stereocenters. The summed E-state index contributed by atoms with van der Waals surface area (Å²) >= 11 is 2.22. The first-order chi connectivity index (χ1) is 16.5. The highest BCUT2D eigenvalue weighted by molar-refractivity contribution is 8.18. The second-order valence-electron chi connectivity index (χ2n) is 7.10. The van der Waals surface area contributed by atoms with Gasteiger partial charge in [0.25, 0.3) is 17.1 Å². The van der Waals surface area contributed by atoms with Crippen LogP contribution < -0.4 is 14.8 Å². The molecule has 3 amide bonds. The maximum Gasteiger partial charge on any atom is 0.293 e. The predicted molar refractivity (Wildman–Crippen MR) is 132 cm³/mol. The summed E-state index contributed by atoms with van der Waals surface area (Å²) in [4.78, 5) is 43.3. The Morgan fingerprint density at radius 2 is 1.94 bits per heavy atom. The van der Waals surface area contributed by atoms with Crippen LogP contribution in [0.4, 0.5) is 9.93 Å². The third-order valence-electron chi connectivity index (χ3n) is 4.87. The maximum absolute atomic E-state index is 12.9. The van der Waals surface area contributed by atoms with Crippen LogP contribution in [0.1, 0.15) is 28.4 Å². The van der Waals surface area contributed by atoms with E-state index in [4.69, 9.17) is 9.47 Å². The fourth-order valence-electron chi connectivity index (χ4n) is 3.23. The topological polar surface area (TPSA) is 97.8 Å². The van der Waals surface area contributed by atoms with Crippen molar-refractivity contribution in [2.24, 2.45) is 0 Å². The Morgan fingerprint density at radius 3 is 2.62 bits per heavy atom. The van der Waals surface area contributed by atoms with Crippen molar-refractivity contribution in [2.45, 2.75) is 13.5 Å². The smallest absolute Gasteiger partial charge is 0.293 e. The molecule has 0 saturated carbocycles. The summed E-state index contributed by atoms with van der Waals surface area (Å²) in [6.07, 6.45) is 3.27. The van der Waals surface area contributed by atoms with E-state index in [1.807, 2.05) is 6.92 Å². The molecule has 2 aromatic carbocycles. The first-order valence-electron chi connectivity index (χ1n) is 10.3. The maximum atomic E-state index is 12.9. The Kier molecular flexibility index (Phi) is 7.29. The Bertz CT molecular complexity index is 1240. The monoisotopic (exact) mass is 495 g/mol. The van der Waals surface area contributed by atoms with Crippen LogP contribution in [0.25, 0.3) is 6.08 Å². The zero-order valence-electron chi connectivity index (χ0n) is 18.4. The molecule has 1 saturated heterocycles. The zero-order chi connectivity index (χ0) is 24.1. The average Bonchev–Trinajstić information content (AvgIpc) is 3.44. The number of nitrogens with one attached hydrogen (secondary N) is 1. The van der Waals surface area contributed by atoms with Crippen LogP contribution in [0, 0.1) is 0 Å². The minimum absolute atomic E-state index is 0.114. The van der Waals surface area contributed by atoms with Gasteiger partial charge in [0, 0.05) is 17.1 Å². The number of amides is 3. The molecule has 0 aliphatic carbocycles. The van der Waals surface area contributed by atoms with Gasteiger partial charge in [-0.25, -0.2) is 4.98 Å². The minimum Gasteiger partial charge on any atom is -0.493 e. The number of aromatic nitrogens is 1. The summed E-state index contributed by atoms with van der Waals surface area (Å²) in [7, 11) is 1.55. The molecule has 3 aromatic rings. The van der Waals surface area contributed by atoms with Crippen molar-refractivity contribution in [3.63, 3.8) is 0 Å². The Labute approximate surface area is 204 Å². The molecule has 0 radical (unpaired) electrons. The van der Waals surface area contributed by atoms with Crippen LogP contribution in [0.3, 0.4) is 0 Å². The molecule has 34 heavy (non-hydrogen) atoms. The second kappa shape index (κ2) is 10.5. The number of benzene rings is 2. The van der Waals surface area contributed by atoms with Gasteiger partial charge in [-0.05, 0) is 60.2 Å². The van der Waals surface area contributed by atoms with Gasteiger partial charge in [0.2, 0.25) is 0 Å². The number of thiazole rings is 1. The second-order valence-corrected chi connectivity index (χ2v) is 8.99. The summed E-state index contributed by atoms with van der Waals surface area (Å²) in [5, 5.41) is 4.66. The molecule has 174 valence electrons. The molecule has 8 nitrogen and oxygen atoms in total. The van der Waals surface area contributed by atoms with Crippen molar-refractivity contribution in [3.8, 4) is 11.5 Å². The number of thioether (sulfide) groups is 1. The first kappa shape index (κ1) is 23.5. The van der Waals surface area contributed by atoms with Crippen molar-refractivity contribution in [2.75, 3.05) is 19.0 Å². The van der Waals surface area contributed by atoms with Crippen LogP contribution >= 0.6 is 23.1 Å². The van der Waals surface area contributed by atoms with Crippen molar-refractivity contribution >= 4 is 51.4 Å². The van der Waals surface area contributed by atoms with Gasteiger partial charge in [0.15, 0.2) is 16.6 Å². The molecule has 1 fully saturated rings. The molecule has 1 aliphatic rings. The Hall–Kier alpha value is -3.63. The molecule has 2 heterocycles. The van der Waals surface area contributed by atoms with E-state index in [0.717, 1.165) is 22.9 Å². The average molecular weight is 496 g/mol. The normalized spacial score (nSPS) is 14.5. The number of hydrogen-bond donors (Lipinski definition) is 1. The molecule has 0 bridgehead atoms. The summed E-state index contributed by atoms with van der Waals surface area (Å²) < 4.78 is 10.9. The third-order valence-corrected chi connectivity index (χ3v) is 6.46. The number of imide groups is 1. The molecular formula is C24H21N3O5S2. The lowest BCUT2D eigenvalue weighted by Crippen LogP contribution is -2.27. The zero-order valence-corrected chi connectivity index (χ0v) is 20.1. The fraction of sp³-hybridized carbons (Fsp3) is 0.167. The molecule has 10 heteroatoms. The minimum atomic E-state index is -0.367. The first-order valence-corrected chi connectivity index (χ1v) is 12.0. The van der Waals surface area contributed by atoms with Gasteiger partial charge in [0.1, 0.15) is 0 Å². The number of carbonyl (C=O) groups excluding carboxylic acids is 3. The Balaban J connectivity index is 1.44. The standard InChI is InChI=1S/C24H21N3O5S2/c1-3-32-18-9-6-16(12-19(18)31-2)13-20-22(29)27(24(30)34-20)14-15-4-7-17(8-5-15)21(28)26-23-25-10-11-33-23/h4-13H,3,14H2,1-2H3,(H,25,26,28)/b20-13-. The van der Waals surface area contributed by atoms with E-state index in [0.29, 0.717) is 33.7 Å². The summed E-state index contributed by atoms with van der Waals surface area (Å²) in [5.74, 6) is 0.516. The van der Waals surface area contributed by atoms with Crippen molar-refractivity contribution in [1.82, 2.24) is 9.88 Å². The predicted octanol–water partition coefficient (Wildman–Crippen LogP) is 5.04. The molecule has 1 aromatic heterocycles. The van der Waals surface area contributed by atoms with E-state index in [1.165, 1.54) is 16.2 Å². The van der Waals surface area contributed by atoms with Crippen LogP contribution in [-0.2, 0) is 11.3 Å². The Morgan fingerprint density at radius 1 is 1.15 bits per heavy atom. The van der Waals surface area contributed by atoms with Crippen LogP contribution in [0.5, 0.6) is 11.5 Å². The SMILES string of the molecule is CCOc1ccc(/C=C2\SC(=O)N(Cc3ccc(C(=O)Nc4nccs4)cc3)C2=O)cc1OC. The van der Waals surface area contributed by atoms with E-state index in [-0.39, 0.29) is 23.6 Å². The lowest BCUT2D eigenvalue weighted by molar-refractivity contribution is -0.123. The lowest BCUT2D eigenvalue weighted by atomic mass is 10.1. The molecule has 4 rings (SSSR count). The van der Waals surface area contributed by atoms with E-state index in [1.54, 1.807) is 67.2 Å². The van der Waals surface area contributed by atoms with Crippen molar-refractivity contribution < 1.29 is 23.9 Å². The van der Waals surface area contributed by atoms with Gasteiger partial charge in [-0.1, -0.05) is 18.2 Å². The van der Waals surface area contributed by atoms with Gasteiger partial charge < -0.3 is 9.47 Å². The quantitative estimate of drug-likeness (QED) is 0.437. The van der Waals surface area contributed by atoms with Gasteiger partial charge in [-0.15, -0.1) is 11.3 Å². The van der Waals surface area contributed by atoms with Gasteiger partial charge in [0.05, 0.1) is 25.2 Å². The summed E-state index contributed by atoms with van der Waals surface area (Å²) in [5.41, 5.74) is 1.91.